The van der Waals surface area contributed by atoms with Crippen molar-refractivity contribution in [1.29, 1.82) is 0 Å². The van der Waals surface area contributed by atoms with Gasteiger partial charge in [0.2, 0.25) is 5.91 Å². The predicted molar refractivity (Wildman–Crippen MR) is 98.1 cm³/mol. The summed E-state index contributed by atoms with van der Waals surface area (Å²) in [5.74, 6) is 2.34. The average Bonchev–Trinajstić information content (AvgIpc) is 3.05. The lowest BCUT2D eigenvalue weighted by atomic mass is 10.1. The molecule has 2 unspecified atom stereocenters. The Morgan fingerprint density at radius 3 is 2.20 bits per heavy atom. The van der Waals surface area contributed by atoms with Gasteiger partial charge in [-0.1, -0.05) is 0 Å². The Hall–Kier alpha value is -2.53. The molecule has 1 aliphatic rings. The van der Waals surface area contributed by atoms with E-state index >= 15 is 0 Å². The van der Waals surface area contributed by atoms with Gasteiger partial charge in [0, 0.05) is 17.6 Å². The van der Waals surface area contributed by atoms with Gasteiger partial charge in [0.25, 0.3) is 0 Å². The molecule has 0 aromatic heterocycles. The third-order valence-corrected chi connectivity index (χ3v) is 4.34. The first-order chi connectivity index (χ1) is 12.1. The fourth-order valence-corrected chi connectivity index (χ4v) is 3.01. The highest BCUT2D eigenvalue weighted by Gasteiger charge is 2.27. The Balaban J connectivity index is 1.55. The summed E-state index contributed by atoms with van der Waals surface area (Å²) >= 11 is 0. The highest BCUT2D eigenvalue weighted by molar-refractivity contribution is 5.92. The van der Waals surface area contributed by atoms with Gasteiger partial charge in [-0.25, -0.2) is 0 Å². The highest BCUT2D eigenvalue weighted by Crippen LogP contribution is 2.27. The summed E-state index contributed by atoms with van der Waals surface area (Å²) in [5.41, 5.74) is 6.64. The number of anilines is 1. The van der Waals surface area contributed by atoms with Crippen molar-refractivity contribution in [2.45, 2.75) is 32.2 Å². The molecule has 3 N–H and O–H groups in total. The van der Waals surface area contributed by atoms with Crippen molar-refractivity contribution in [3.8, 4) is 17.2 Å². The molecular weight excluding hydrogens is 316 g/mol. The minimum Gasteiger partial charge on any atom is -0.494 e. The van der Waals surface area contributed by atoms with Crippen LogP contribution in [0.5, 0.6) is 17.2 Å². The first-order valence-corrected chi connectivity index (χ1v) is 8.71. The fraction of sp³-hybridized carbons (Fsp3) is 0.350. The first kappa shape index (κ1) is 17.3. The monoisotopic (exact) mass is 340 g/mol. The Kier molecular flexibility index (Phi) is 5.56. The number of carbonyl (C=O) groups excluding carboxylic acids is 1. The highest BCUT2D eigenvalue weighted by atomic mass is 16.5. The van der Waals surface area contributed by atoms with E-state index in [1.807, 2.05) is 55.5 Å². The molecule has 1 fully saturated rings. The number of rotatable bonds is 6. The van der Waals surface area contributed by atoms with Crippen LogP contribution in [-0.4, -0.2) is 18.6 Å². The lowest BCUT2D eigenvalue weighted by molar-refractivity contribution is -0.119. The van der Waals surface area contributed by atoms with Crippen molar-refractivity contribution < 1.29 is 14.3 Å². The van der Waals surface area contributed by atoms with E-state index in [9.17, 15) is 4.79 Å². The minimum atomic E-state index is 0.0229. The molecule has 5 heteroatoms. The molecular formula is C20H24N2O3. The van der Waals surface area contributed by atoms with E-state index in [4.69, 9.17) is 15.2 Å². The van der Waals surface area contributed by atoms with Crippen molar-refractivity contribution in [2.75, 3.05) is 11.9 Å². The van der Waals surface area contributed by atoms with E-state index in [0.29, 0.717) is 12.4 Å². The van der Waals surface area contributed by atoms with Crippen LogP contribution in [0.2, 0.25) is 0 Å². The van der Waals surface area contributed by atoms with Crippen LogP contribution in [0.25, 0.3) is 0 Å². The van der Waals surface area contributed by atoms with Gasteiger partial charge >= 0.3 is 0 Å². The lowest BCUT2D eigenvalue weighted by Gasteiger charge is -2.12. The third kappa shape index (κ3) is 4.73. The molecule has 25 heavy (non-hydrogen) atoms. The topological polar surface area (TPSA) is 73.6 Å². The summed E-state index contributed by atoms with van der Waals surface area (Å²) in [5, 5.41) is 2.95. The molecule has 0 bridgehead atoms. The van der Waals surface area contributed by atoms with Crippen LogP contribution in [0, 0.1) is 5.92 Å². The Morgan fingerprint density at radius 2 is 1.64 bits per heavy atom. The summed E-state index contributed by atoms with van der Waals surface area (Å²) in [4.78, 5) is 12.2. The van der Waals surface area contributed by atoms with Gasteiger partial charge in [-0.15, -0.1) is 0 Å². The Bertz CT molecular complexity index is 698. The second-order valence-corrected chi connectivity index (χ2v) is 6.29. The quantitative estimate of drug-likeness (QED) is 0.835. The molecule has 5 nitrogen and oxygen atoms in total. The average molecular weight is 340 g/mol. The number of nitrogens with two attached hydrogens (primary N) is 1. The van der Waals surface area contributed by atoms with Gasteiger partial charge < -0.3 is 20.5 Å². The summed E-state index contributed by atoms with van der Waals surface area (Å²) in [6, 6.07) is 15.0. The van der Waals surface area contributed by atoms with E-state index in [2.05, 4.69) is 5.32 Å². The first-order valence-electron chi connectivity index (χ1n) is 8.71. The van der Waals surface area contributed by atoms with E-state index in [-0.39, 0.29) is 17.9 Å². The molecule has 1 aliphatic carbocycles. The zero-order valence-corrected chi connectivity index (χ0v) is 14.4. The van der Waals surface area contributed by atoms with Crippen molar-refractivity contribution in [3.63, 3.8) is 0 Å². The van der Waals surface area contributed by atoms with Gasteiger partial charge in [-0.3, -0.25) is 4.79 Å². The summed E-state index contributed by atoms with van der Waals surface area (Å²) in [6.45, 7) is 2.59. The number of hydrogen-bond donors (Lipinski definition) is 2. The van der Waals surface area contributed by atoms with E-state index < -0.39 is 0 Å². The van der Waals surface area contributed by atoms with E-state index in [1.165, 1.54) is 0 Å². The van der Waals surface area contributed by atoms with Crippen LogP contribution in [0.15, 0.2) is 48.5 Å². The largest absolute Gasteiger partial charge is 0.494 e. The number of amides is 1. The molecule has 0 heterocycles. The molecule has 0 radical (unpaired) electrons. The maximum Gasteiger partial charge on any atom is 0.227 e. The van der Waals surface area contributed by atoms with Gasteiger partial charge in [0.15, 0.2) is 0 Å². The van der Waals surface area contributed by atoms with Crippen molar-refractivity contribution in [2.24, 2.45) is 11.7 Å². The molecule has 1 amide bonds. The fourth-order valence-electron chi connectivity index (χ4n) is 3.01. The van der Waals surface area contributed by atoms with Gasteiger partial charge in [0.1, 0.15) is 17.2 Å². The second-order valence-electron chi connectivity index (χ2n) is 6.29. The van der Waals surface area contributed by atoms with Crippen molar-refractivity contribution in [1.82, 2.24) is 0 Å². The number of carbonyl (C=O) groups is 1. The van der Waals surface area contributed by atoms with Gasteiger partial charge in [-0.05, 0) is 74.7 Å². The number of ether oxygens (including phenoxy) is 2. The van der Waals surface area contributed by atoms with Crippen LogP contribution in [-0.2, 0) is 4.79 Å². The normalized spacial score (nSPS) is 19.4. The van der Waals surface area contributed by atoms with Crippen LogP contribution in [0.1, 0.15) is 26.2 Å². The summed E-state index contributed by atoms with van der Waals surface area (Å²) in [7, 11) is 0. The molecule has 3 rings (SSSR count). The molecule has 2 aromatic carbocycles. The minimum absolute atomic E-state index is 0.0229. The SMILES string of the molecule is CCOc1ccc(Oc2ccc(NC(=O)C3CCC(N)C3)cc2)cc1. The zero-order valence-electron chi connectivity index (χ0n) is 14.4. The summed E-state index contributed by atoms with van der Waals surface area (Å²) in [6.07, 6.45) is 2.56. The Morgan fingerprint density at radius 1 is 1.04 bits per heavy atom. The van der Waals surface area contributed by atoms with E-state index in [1.54, 1.807) is 0 Å². The molecule has 1 saturated carbocycles. The van der Waals surface area contributed by atoms with Crippen LogP contribution in [0.4, 0.5) is 5.69 Å². The van der Waals surface area contributed by atoms with Crippen LogP contribution < -0.4 is 20.5 Å². The number of benzene rings is 2. The third-order valence-electron chi connectivity index (χ3n) is 4.34. The lowest BCUT2D eigenvalue weighted by Crippen LogP contribution is -2.23. The van der Waals surface area contributed by atoms with E-state index in [0.717, 1.165) is 36.4 Å². The molecule has 132 valence electrons. The van der Waals surface area contributed by atoms with Crippen LogP contribution >= 0.6 is 0 Å². The van der Waals surface area contributed by atoms with Gasteiger partial charge in [0.05, 0.1) is 6.61 Å². The standard InChI is InChI=1S/C20H24N2O3/c1-2-24-17-9-11-19(12-10-17)25-18-7-5-16(6-8-18)22-20(23)14-3-4-15(21)13-14/h5-12,14-15H,2-4,13,21H2,1H3,(H,22,23). The summed E-state index contributed by atoms with van der Waals surface area (Å²) < 4.78 is 11.2. The maximum atomic E-state index is 12.2. The molecule has 2 atom stereocenters. The van der Waals surface area contributed by atoms with Crippen molar-refractivity contribution in [3.05, 3.63) is 48.5 Å². The second kappa shape index (κ2) is 8.03. The predicted octanol–water partition coefficient (Wildman–Crippen LogP) is 3.94. The van der Waals surface area contributed by atoms with Crippen LogP contribution in [0.3, 0.4) is 0 Å². The number of hydrogen-bond acceptors (Lipinski definition) is 4. The van der Waals surface area contributed by atoms with Gasteiger partial charge in [-0.2, -0.15) is 0 Å². The smallest absolute Gasteiger partial charge is 0.227 e. The molecule has 2 aromatic rings. The molecule has 0 saturated heterocycles. The number of nitrogens with one attached hydrogen (secondary N) is 1. The Labute approximate surface area is 148 Å². The zero-order chi connectivity index (χ0) is 17.6. The van der Waals surface area contributed by atoms with Crippen molar-refractivity contribution >= 4 is 11.6 Å². The molecule has 0 spiro atoms. The molecule has 0 aliphatic heterocycles. The maximum absolute atomic E-state index is 12.2.